The molecule has 0 aliphatic carbocycles. The van der Waals surface area contributed by atoms with Crippen LogP contribution in [0.2, 0.25) is 0 Å². The minimum absolute atomic E-state index is 0.00548. The van der Waals surface area contributed by atoms with Crippen molar-refractivity contribution >= 4 is 40.2 Å². The minimum atomic E-state index is 0.00548. The average molecular weight is 459 g/mol. The van der Waals surface area contributed by atoms with Crippen LogP contribution < -0.4 is 10.2 Å². The van der Waals surface area contributed by atoms with Crippen molar-refractivity contribution in [2.75, 3.05) is 16.8 Å². The van der Waals surface area contributed by atoms with Gasteiger partial charge in [-0.15, -0.1) is 11.3 Å². The third-order valence-corrected chi connectivity index (χ3v) is 6.38. The predicted octanol–water partition coefficient (Wildman–Crippen LogP) is 5.21. The highest BCUT2D eigenvalue weighted by Gasteiger charge is 2.20. The molecule has 168 valence electrons. The third-order valence-electron chi connectivity index (χ3n) is 5.32. The Morgan fingerprint density at radius 3 is 2.76 bits per heavy atom. The maximum absolute atomic E-state index is 8.05. The maximum Gasteiger partial charge on any atom is 0.220 e. The number of hydrogen-bond acceptors (Lipinski definition) is 8. The molecule has 0 saturated heterocycles. The number of anilines is 2. The van der Waals surface area contributed by atoms with Crippen molar-refractivity contribution in [2.45, 2.75) is 26.3 Å². The highest BCUT2D eigenvalue weighted by atomic mass is 32.1. The molecule has 0 unspecified atom stereocenters. The molecule has 1 aliphatic heterocycles. The Morgan fingerprint density at radius 1 is 1.18 bits per heavy atom. The second kappa shape index (κ2) is 10.2. The van der Waals surface area contributed by atoms with Gasteiger partial charge >= 0.3 is 0 Å². The first-order chi connectivity index (χ1) is 16.0. The van der Waals surface area contributed by atoms with Crippen LogP contribution in [0.25, 0.3) is 0 Å². The maximum atomic E-state index is 8.05. The van der Waals surface area contributed by atoms with E-state index in [-0.39, 0.29) is 11.8 Å². The molecule has 8 heteroatoms. The van der Waals surface area contributed by atoms with Crippen molar-refractivity contribution < 1.29 is 4.74 Å². The van der Waals surface area contributed by atoms with Crippen LogP contribution in [0.1, 0.15) is 34.1 Å². The van der Waals surface area contributed by atoms with Gasteiger partial charge in [-0.3, -0.25) is 10.8 Å². The number of hydrogen-bond donors (Lipinski definition) is 4. The van der Waals surface area contributed by atoms with Crippen molar-refractivity contribution in [2.24, 2.45) is 0 Å². The molecule has 0 saturated carbocycles. The first-order valence-electron chi connectivity index (χ1n) is 10.7. The van der Waals surface area contributed by atoms with Crippen LogP contribution in [0.3, 0.4) is 0 Å². The average Bonchev–Trinajstić information content (AvgIpc) is 3.27. The fraction of sp³-hybridized carbons (Fsp3) is 0.200. The standard InChI is InChI=1S/C25H26N6OS/c1-17(27)32-24(28)20-6-5-19-9-12-31(16-21(19)14-20)25-30-15-23(33-25)13-18-3-7-22(8-4-18)29-11-2-10-26/h2-8,10-11,14-15,26-29H,9,12-13,16H2,1H3/b11-2-,26-10?,27-17?,28-24?. The fourth-order valence-corrected chi connectivity index (χ4v) is 4.68. The minimum Gasteiger partial charge on any atom is -0.426 e. The highest BCUT2D eigenvalue weighted by molar-refractivity contribution is 7.15. The van der Waals surface area contributed by atoms with E-state index in [2.05, 4.69) is 33.4 Å². The predicted molar refractivity (Wildman–Crippen MR) is 135 cm³/mol. The summed E-state index contributed by atoms with van der Waals surface area (Å²) >= 11 is 1.72. The van der Waals surface area contributed by atoms with E-state index in [9.17, 15) is 0 Å². The van der Waals surface area contributed by atoms with Gasteiger partial charge in [0.05, 0.1) is 0 Å². The van der Waals surface area contributed by atoms with Gasteiger partial charge in [0.1, 0.15) is 0 Å². The quantitative estimate of drug-likeness (QED) is 0.288. The molecule has 0 atom stereocenters. The Morgan fingerprint density at radius 2 is 2.00 bits per heavy atom. The Bertz CT molecular complexity index is 1200. The van der Waals surface area contributed by atoms with Gasteiger partial charge in [0.2, 0.25) is 5.90 Å². The van der Waals surface area contributed by atoms with E-state index < -0.39 is 0 Å². The molecule has 1 aliphatic rings. The molecule has 0 bridgehead atoms. The summed E-state index contributed by atoms with van der Waals surface area (Å²) in [5.41, 5.74) is 5.36. The van der Waals surface area contributed by atoms with E-state index >= 15 is 0 Å². The number of allylic oxidation sites excluding steroid dienone is 1. The van der Waals surface area contributed by atoms with Crippen molar-refractivity contribution in [1.82, 2.24) is 4.98 Å². The summed E-state index contributed by atoms with van der Waals surface area (Å²) in [5.74, 6) is 0.0196. The Hall–Kier alpha value is -3.78. The smallest absolute Gasteiger partial charge is 0.220 e. The molecule has 2 heterocycles. The lowest BCUT2D eigenvalue weighted by Crippen LogP contribution is -2.30. The van der Waals surface area contributed by atoms with Crippen molar-refractivity contribution in [1.29, 1.82) is 16.2 Å². The monoisotopic (exact) mass is 458 g/mol. The number of rotatable bonds is 7. The van der Waals surface area contributed by atoms with Gasteiger partial charge in [-0.1, -0.05) is 18.2 Å². The topological polar surface area (TPSA) is 109 Å². The van der Waals surface area contributed by atoms with Crippen molar-refractivity contribution in [3.63, 3.8) is 0 Å². The number of benzene rings is 2. The Labute approximate surface area is 197 Å². The number of ether oxygens (including phenoxy) is 1. The number of nitrogens with zero attached hydrogens (tertiary/aromatic N) is 2. The molecule has 0 fully saturated rings. The van der Waals surface area contributed by atoms with Crippen LogP contribution in [0.5, 0.6) is 0 Å². The molecule has 7 nitrogen and oxygen atoms in total. The molecular formula is C25H26N6OS. The Balaban J connectivity index is 1.41. The lowest BCUT2D eigenvalue weighted by Gasteiger charge is -2.28. The lowest BCUT2D eigenvalue weighted by molar-refractivity contribution is 0.532. The summed E-state index contributed by atoms with van der Waals surface area (Å²) in [6.07, 6.45) is 8.34. The van der Waals surface area contributed by atoms with Crippen LogP contribution >= 0.6 is 11.3 Å². The number of thiazole rings is 1. The molecule has 33 heavy (non-hydrogen) atoms. The molecule has 3 aromatic rings. The molecule has 2 aromatic carbocycles. The first kappa shape index (κ1) is 22.4. The van der Waals surface area contributed by atoms with Crippen LogP contribution in [0, 0.1) is 16.2 Å². The van der Waals surface area contributed by atoms with Crippen molar-refractivity contribution in [3.8, 4) is 0 Å². The summed E-state index contributed by atoms with van der Waals surface area (Å²) in [4.78, 5) is 8.18. The third kappa shape index (κ3) is 5.72. The largest absolute Gasteiger partial charge is 0.426 e. The van der Waals surface area contributed by atoms with Gasteiger partial charge in [0, 0.05) is 61.2 Å². The molecule has 0 spiro atoms. The van der Waals surface area contributed by atoms with E-state index in [1.54, 1.807) is 23.6 Å². The van der Waals surface area contributed by atoms with E-state index in [1.165, 1.54) is 34.7 Å². The zero-order valence-corrected chi connectivity index (χ0v) is 19.2. The van der Waals surface area contributed by atoms with Gasteiger partial charge in [-0.05, 0) is 53.5 Å². The molecule has 4 rings (SSSR count). The van der Waals surface area contributed by atoms with Crippen LogP contribution in [-0.2, 0) is 24.1 Å². The van der Waals surface area contributed by atoms with Crippen LogP contribution in [-0.4, -0.2) is 29.5 Å². The summed E-state index contributed by atoms with van der Waals surface area (Å²) in [7, 11) is 0. The molecule has 4 N–H and O–H groups in total. The highest BCUT2D eigenvalue weighted by Crippen LogP contribution is 2.30. The second-order valence-electron chi connectivity index (χ2n) is 7.80. The van der Waals surface area contributed by atoms with Crippen LogP contribution in [0.4, 0.5) is 10.8 Å². The van der Waals surface area contributed by atoms with E-state index in [0.29, 0.717) is 5.56 Å². The van der Waals surface area contributed by atoms with Gasteiger partial charge in [-0.2, -0.15) is 0 Å². The zero-order valence-electron chi connectivity index (χ0n) is 18.4. The molecule has 1 aromatic heterocycles. The van der Waals surface area contributed by atoms with Gasteiger partial charge in [0.25, 0.3) is 0 Å². The SMILES string of the molecule is CC(=N)OC(=N)c1ccc2c(c1)CN(c1ncc(Cc3ccc(N/C=C\C=N)cc3)s1)CC2. The van der Waals surface area contributed by atoms with E-state index in [0.717, 1.165) is 36.8 Å². The first-order valence-corrected chi connectivity index (χ1v) is 11.5. The van der Waals surface area contributed by atoms with Gasteiger partial charge in [0.15, 0.2) is 11.0 Å². The van der Waals surface area contributed by atoms with Crippen molar-refractivity contribution in [3.05, 3.63) is 88.1 Å². The van der Waals surface area contributed by atoms with Crippen LogP contribution in [0.15, 0.2) is 60.9 Å². The Kier molecular flexibility index (Phi) is 6.95. The molecule has 0 amide bonds. The summed E-state index contributed by atoms with van der Waals surface area (Å²) in [6, 6.07) is 14.2. The van der Waals surface area contributed by atoms with Gasteiger partial charge < -0.3 is 20.4 Å². The summed E-state index contributed by atoms with van der Waals surface area (Å²) in [5, 5.41) is 26.6. The normalized spacial score (nSPS) is 12.9. The second-order valence-corrected chi connectivity index (χ2v) is 8.89. The van der Waals surface area contributed by atoms with Gasteiger partial charge in [-0.25, -0.2) is 4.98 Å². The van der Waals surface area contributed by atoms with E-state index in [4.69, 9.17) is 21.0 Å². The van der Waals surface area contributed by atoms with E-state index in [1.807, 2.05) is 30.5 Å². The number of aromatic nitrogens is 1. The summed E-state index contributed by atoms with van der Waals surface area (Å²) in [6.45, 7) is 3.19. The molecule has 0 radical (unpaired) electrons. The zero-order chi connectivity index (χ0) is 23.2. The summed E-state index contributed by atoms with van der Waals surface area (Å²) < 4.78 is 5.16. The fourth-order valence-electron chi connectivity index (χ4n) is 3.71. The lowest BCUT2D eigenvalue weighted by atomic mass is 9.97. The number of nitrogens with one attached hydrogen (secondary N) is 4. The number of fused-ring (bicyclic) bond motifs is 1. The molecular weight excluding hydrogens is 432 g/mol.